The van der Waals surface area contributed by atoms with Crippen molar-refractivity contribution >= 4 is 11.8 Å². The molecule has 1 unspecified atom stereocenters. The first-order valence-electron chi connectivity index (χ1n) is 10.9. The summed E-state index contributed by atoms with van der Waals surface area (Å²) in [6.07, 6.45) is 10.5. The summed E-state index contributed by atoms with van der Waals surface area (Å²) in [6, 6.07) is 3.04. The summed E-state index contributed by atoms with van der Waals surface area (Å²) in [7, 11) is 0. The second-order valence-corrected chi connectivity index (χ2v) is 8.32. The molecule has 2 amide bonds. The molecule has 2 fully saturated rings. The summed E-state index contributed by atoms with van der Waals surface area (Å²) < 4.78 is 5.44. The van der Waals surface area contributed by atoms with Crippen LogP contribution in [0.15, 0.2) is 29.0 Å². The molecule has 2 aromatic heterocycles. The van der Waals surface area contributed by atoms with E-state index in [9.17, 15) is 9.59 Å². The highest BCUT2D eigenvalue weighted by Crippen LogP contribution is 2.30. The number of hydrogen-bond donors (Lipinski definition) is 0. The van der Waals surface area contributed by atoms with Crippen LogP contribution in [0.3, 0.4) is 0 Å². The van der Waals surface area contributed by atoms with Gasteiger partial charge < -0.3 is 14.3 Å². The van der Waals surface area contributed by atoms with Crippen molar-refractivity contribution in [2.75, 3.05) is 19.6 Å². The molecule has 0 bridgehead atoms. The average Bonchev–Trinajstić information content (AvgIpc) is 3.39. The molecule has 1 saturated carbocycles. The third-order valence-electron chi connectivity index (χ3n) is 6.19. The summed E-state index contributed by atoms with van der Waals surface area (Å²) in [5.74, 6) is 1.59. The van der Waals surface area contributed by atoms with Gasteiger partial charge in [0.2, 0.25) is 5.91 Å². The van der Waals surface area contributed by atoms with Gasteiger partial charge in [-0.25, -0.2) is 0 Å². The fraction of sp³-hybridized carbons (Fsp3) is 0.591. The lowest BCUT2D eigenvalue weighted by atomic mass is 10.0. The Hall–Kier alpha value is -2.77. The van der Waals surface area contributed by atoms with Crippen molar-refractivity contribution in [1.29, 1.82) is 0 Å². The molecule has 0 radical (unpaired) electrons. The lowest BCUT2D eigenvalue weighted by molar-refractivity contribution is -0.131. The van der Waals surface area contributed by atoms with Gasteiger partial charge in [0, 0.05) is 31.9 Å². The van der Waals surface area contributed by atoms with E-state index in [0.717, 1.165) is 6.42 Å². The number of pyridine rings is 1. The van der Waals surface area contributed by atoms with Crippen LogP contribution >= 0.6 is 0 Å². The number of carbonyl (C=O) groups is 2. The molecule has 0 spiro atoms. The Morgan fingerprint density at radius 2 is 2.03 bits per heavy atom. The molecule has 2 aliphatic rings. The van der Waals surface area contributed by atoms with Crippen molar-refractivity contribution in [3.63, 3.8) is 0 Å². The van der Waals surface area contributed by atoms with Crippen molar-refractivity contribution in [3.05, 3.63) is 41.8 Å². The highest BCUT2D eigenvalue weighted by Gasteiger charge is 2.35. The summed E-state index contributed by atoms with van der Waals surface area (Å²) in [6.45, 7) is 3.27. The first-order valence-corrected chi connectivity index (χ1v) is 10.9. The van der Waals surface area contributed by atoms with Crippen molar-refractivity contribution in [2.24, 2.45) is 5.92 Å². The molecule has 1 aliphatic carbocycles. The van der Waals surface area contributed by atoms with Gasteiger partial charge in [-0.1, -0.05) is 30.8 Å². The van der Waals surface area contributed by atoms with E-state index in [0.29, 0.717) is 55.7 Å². The summed E-state index contributed by atoms with van der Waals surface area (Å²) >= 11 is 0. The molecule has 3 heterocycles. The predicted octanol–water partition coefficient (Wildman–Crippen LogP) is 3.16. The van der Waals surface area contributed by atoms with Gasteiger partial charge in [0.05, 0.1) is 12.1 Å². The molecule has 2 aromatic rings. The topological polar surface area (TPSA) is 92.4 Å². The number of amides is 2. The zero-order chi connectivity index (χ0) is 20.9. The van der Waals surface area contributed by atoms with Crippen LogP contribution in [0.2, 0.25) is 0 Å². The van der Waals surface area contributed by atoms with Gasteiger partial charge >= 0.3 is 0 Å². The van der Waals surface area contributed by atoms with Crippen molar-refractivity contribution in [3.8, 4) is 0 Å². The van der Waals surface area contributed by atoms with Crippen LogP contribution in [0.5, 0.6) is 0 Å². The fourth-order valence-electron chi connectivity index (χ4n) is 4.56. The Bertz CT molecular complexity index is 863. The van der Waals surface area contributed by atoms with Gasteiger partial charge in [-0.3, -0.25) is 14.6 Å². The third-order valence-corrected chi connectivity index (χ3v) is 6.19. The quantitative estimate of drug-likeness (QED) is 0.750. The predicted molar refractivity (Wildman–Crippen MR) is 109 cm³/mol. The Kier molecular flexibility index (Phi) is 6.40. The van der Waals surface area contributed by atoms with E-state index < -0.39 is 6.04 Å². The molecule has 1 atom stereocenters. The van der Waals surface area contributed by atoms with Crippen molar-refractivity contribution < 1.29 is 14.1 Å². The molecule has 160 valence electrons. The van der Waals surface area contributed by atoms with E-state index in [1.165, 1.54) is 25.7 Å². The van der Waals surface area contributed by atoms with Crippen LogP contribution in [0.4, 0.5) is 0 Å². The zero-order valence-electron chi connectivity index (χ0n) is 17.5. The summed E-state index contributed by atoms with van der Waals surface area (Å²) in [5.41, 5.74) is 0.514. The maximum Gasteiger partial charge on any atom is 0.256 e. The Balaban J connectivity index is 1.52. The highest BCUT2D eigenvalue weighted by atomic mass is 16.5. The van der Waals surface area contributed by atoms with Gasteiger partial charge in [-0.2, -0.15) is 4.98 Å². The lowest BCUT2D eigenvalue weighted by Crippen LogP contribution is -2.40. The minimum absolute atomic E-state index is 0.135. The standard InChI is InChI=1S/C22H29N5O3/c1-16-24-21(30-25-16)19-15-26(20(28)10-9-17-6-2-3-7-17)12-5-13-27(19)22(29)18-8-4-11-23-14-18/h4,8,11,14,17,19H,2-3,5-7,9-10,12-13,15H2,1H3. The Labute approximate surface area is 176 Å². The minimum Gasteiger partial charge on any atom is -0.340 e. The van der Waals surface area contributed by atoms with Gasteiger partial charge in [0.25, 0.3) is 11.8 Å². The lowest BCUT2D eigenvalue weighted by Gasteiger charge is -2.29. The van der Waals surface area contributed by atoms with E-state index in [1.54, 1.807) is 36.4 Å². The number of nitrogens with zero attached hydrogens (tertiary/aromatic N) is 5. The van der Waals surface area contributed by atoms with Crippen LogP contribution < -0.4 is 0 Å². The molecule has 1 saturated heterocycles. The van der Waals surface area contributed by atoms with Gasteiger partial charge in [0.15, 0.2) is 5.82 Å². The SMILES string of the molecule is Cc1noc(C2CN(C(=O)CCC3CCCC3)CCCN2C(=O)c2cccnc2)n1. The number of hydrogen-bond acceptors (Lipinski definition) is 6. The number of aryl methyl sites for hydroxylation is 1. The van der Waals surface area contributed by atoms with E-state index in [2.05, 4.69) is 15.1 Å². The van der Waals surface area contributed by atoms with Crippen LogP contribution in [-0.2, 0) is 4.79 Å². The second kappa shape index (κ2) is 9.36. The molecule has 0 aromatic carbocycles. The van der Waals surface area contributed by atoms with Gasteiger partial charge in [0.1, 0.15) is 6.04 Å². The minimum atomic E-state index is -0.461. The van der Waals surface area contributed by atoms with Crippen molar-refractivity contribution in [1.82, 2.24) is 24.9 Å². The van der Waals surface area contributed by atoms with E-state index in [4.69, 9.17) is 4.52 Å². The van der Waals surface area contributed by atoms with Crippen LogP contribution in [0.1, 0.15) is 73.1 Å². The molecule has 1 aliphatic heterocycles. The molecule has 8 nitrogen and oxygen atoms in total. The molecular formula is C22H29N5O3. The largest absolute Gasteiger partial charge is 0.340 e. The highest BCUT2D eigenvalue weighted by molar-refractivity contribution is 5.94. The number of aromatic nitrogens is 3. The number of rotatable bonds is 5. The van der Waals surface area contributed by atoms with Crippen LogP contribution in [0, 0.1) is 12.8 Å². The smallest absolute Gasteiger partial charge is 0.256 e. The number of carbonyl (C=O) groups excluding carboxylic acids is 2. The van der Waals surface area contributed by atoms with E-state index in [-0.39, 0.29) is 11.8 Å². The Morgan fingerprint density at radius 3 is 2.73 bits per heavy atom. The Morgan fingerprint density at radius 1 is 1.20 bits per heavy atom. The molecule has 4 rings (SSSR count). The summed E-state index contributed by atoms with van der Waals surface area (Å²) in [4.78, 5) is 38.3. The molecular weight excluding hydrogens is 382 g/mol. The third kappa shape index (κ3) is 4.68. The van der Waals surface area contributed by atoms with E-state index >= 15 is 0 Å². The average molecular weight is 412 g/mol. The van der Waals surface area contributed by atoms with Gasteiger partial charge in [-0.05, 0) is 37.8 Å². The molecule has 8 heteroatoms. The van der Waals surface area contributed by atoms with Gasteiger partial charge in [-0.15, -0.1) is 0 Å². The monoisotopic (exact) mass is 411 g/mol. The summed E-state index contributed by atoms with van der Waals surface area (Å²) in [5, 5.41) is 3.91. The van der Waals surface area contributed by atoms with Crippen molar-refractivity contribution in [2.45, 2.75) is 57.9 Å². The maximum atomic E-state index is 13.2. The van der Waals surface area contributed by atoms with E-state index in [1.807, 2.05) is 4.90 Å². The maximum absolute atomic E-state index is 13.2. The zero-order valence-corrected chi connectivity index (χ0v) is 17.5. The van der Waals surface area contributed by atoms with Crippen LogP contribution in [-0.4, -0.2) is 56.4 Å². The first kappa shape index (κ1) is 20.5. The molecule has 0 N–H and O–H groups in total. The van der Waals surface area contributed by atoms with Crippen LogP contribution in [0.25, 0.3) is 0 Å². The second-order valence-electron chi connectivity index (χ2n) is 8.32. The first-order chi connectivity index (χ1) is 14.6. The molecule has 30 heavy (non-hydrogen) atoms. The fourth-order valence-corrected chi connectivity index (χ4v) is 4.56. The normalized spacial score (nSPS) is 20.4.